The average Bonchev–Trinajstić information content (AvgIpc) is 3.02. The molecule has 6 nitrogen and oxygen atoms in total. The zero-order valence-electron chi connectivity index (χ0n) is 13.1. The molecule has 0 bridgehead atoms. The van der Waals surface area contributed by atoms with Gasteiger partial charge in [-0.25, -0.2) is 9.18 Å². The van der Waals surface area contributed by atoms with Gasteiger partial charge in [-0.3, -0.25) is 9.59 Å². The van der Waals surface area contributed by atoms with Gasteiger partial charge in [0, 0.05) is 17.9 Å². The Kier molecular flexibility index (Phi) is 4.49. The molecule has 2 amide bonds. The van der Waals surface area contributed by atoms with Crippen LogP contribution in [0, 0.1) is 5.82 Å². The molecular formula is C16H17FN2O4S. The van der Waals surface area contributed by atoms with E-state index in [0.29, 0.717) is 18.6 Å². The third-order valence-corrected chi connectivity index (χ3v) is 5.68. The molecule has 0 aliphatic carbocycles. The molecule has 1 aromatic carbocycles. The molecule has 0 radical (unpaired) electrons. The standard InChI is InChI=1S/C16H17FN2O4S/c1-16-6-5-14(21)19(16)12(9-24-16)15(22)23-8-13(20)18-11-4-2-3-10(17)7-11/h2-4,7,12H,5-6,8-9H2,1H3,(H,18,20)/t12-,16-/m1/s1. The van der Waals surface area contributed by atoms with Crippen LogP contribution in [-0.2, 0) is 19.1 Å². The molecule has 2 aliphatic rings. The third kappa shape index (κ3) is 3.24. The van der Waals surface area contributed by atoms with Crippen molar-refractivity contribution >= 4 is 35.2 Å². The Hall–Kier alpha value is -2.09. The van der Waals surface area contributed by atoms with Crippen LogP contribution >= 0.6 is 11.8 Å². The van der Waals surface area contributed by atoms with Crippen LogP contribution < -0.4 is 5.32 Å². The minimum atomic E-state index is -0.656. The summed E-state index contributed by atoms with van der Waals surface area (Å²) in [4.78, 5) is 37.2. The number of carbonyl (C=O) groups excluding carboxylic acids is 3. The lowest BCUT2D eigenvalue weighted by atomic mass is 10.2. The number of thioether (sulfide) groups is 1. The van der Waals surface area contributed by atoms with Crippen molar-refractivity contribution in [3.05, 3.63) is 30.1 Å². The van der Waals surface area contributed by atoms with Crippen LogP contribution in [0.2, 0.25) is 0 Å². The van der Waals surface area contributed by atoms with Gasteiger partial charge in [0.1, 0.15) is 11.9 Å². The molecule has 0 spiro atoms. The van der Waals surface area contributed by atoms with Crippen molar-refractivity contribution < 1.29 is 23.5 Å². The summed E-state index contributed by atoms with van der Waals surface area (Å²) >= 11 is 1.56. The highest BCUT2D eigenvalue weighted by molar-refractivity contribution is 8.01. The third-order valence-electron chi connectivity index (χ3n) is 4.17. The van der Waals surface area contributed by atoms with E-state index in [1.165, 1.54) is 24.3 Å². The molecule has 3 rings (SSSR count). The fraction of sp³-hybridized carbons (Fsp3) is 0.438. The van der Waals surface area contributed by atoms with E-state index < -0.39 is 30.3 Å². The monoisotopic (exact) mass is 352 g/mol. The van der Waals surface area contributed by atoms with Crippen molar-refractivity contribution in [2.45, 2.75) is 30.7 Å². The summed E-state index contributed by atoms with van der Waals surface area (Å²) in [6.07, 6.45) is 1.13. The number of ether oxygens (including phenoxy) is 1. The minimum absolute atomic E-state index is 0.0614. The minimum Gasteiger partial charge on any atom is -0.454 e. The molecule has 0 unspecified atom stereocenters. The molecule has 2 aliphatic heterocycles. The number of anilines is 1. The highest BCUT2D eigenvalue weighted by Crippen LogP contribution is 2.47. The Labute approximate surface area is 142 Å². The van der Waals surface area contributed by atoms with Crippen molar-refractivity contribution in [3.63, 3.8) is 0 Å². The highest BCUT2D eigenvalue weighted by atomic mass is 32.2. The van der Waals surface area contributed by atoms with E-state index in [1.807, 2.05) is 6.92 Å². The molecule has 2 atom stereocenters. The van der Waals surface area contributed by atoms with Crippen molar-refractivity contribution in [1.29, 1.82) is 0 Å². The van der Waals surface area contributed by atoms with Gasteiger partial charge in [0.2, 0.25) is 5.91 Å². The summed E-state index contributed by atoms with van der Waals surface area (Å²) in [6.45, 7) is 1.46. The van der Waals surface area contributed by atoms with E-state index in [4.69, 9.17) is 4.74 Å². The van der Waals surface area contributed by atoms with Gasteiger partial charge in [-0.05, 0) is 31.5 Å². The van der Waals surface area contributed by atoms with Crippen molar-refractivity contribution in [2.24, 2.45) is 0 Å². The maximum atomic E-state index is 13.1. The molecule has 2 heterocycles. The molecule has 1 N–H and O–H groups in total. The van der Waals surface area contributed by atoms with Crippen LogP contribution in [0.25, 0.3) is 0 Å². The molecule has 0 aromatic heterocycles. The molecule has 8 heteroatoms. The summed E-state index contributed by atoms with van der Waals surface area (Å²) in [6, 6.07) is 4.77. The topological polar surface area (TPSA) is 75.7 Å². The van der Waals surface area contributed by atoms with Gasteiger partial charge >= 0.3 is 5.97 Å². The van der Waals surface area contributed by atoms with Gasteiger partial charge < -0.3 is 15.0 Å². The number of amides is 2. The first-order valence-electron chi connectivity index (χ1n) is 7.57. The van der Waals surface area contributed by atoms with E-state index in [-0.39, 0.29) is 16.5 Å². The van der Waals surface area contributed by atoms with E-state index in [2.05, 4.69) is 5.32 Å². The molecule has 128 valence electrons. The lowest BCUT2D eigenvalue weighted by Crippen LogP contribution is -2.47. The van der Waals surface area contributed by atoms with Gasteiger partial charge in [0.25, 0.3) is 5.91 Å². The lowest BCUT2D eigenvalue weighted by Gasteiger charge is -2.29. The first kappa shape index (κ1) is 16.8. The molecule has 2 fully saturated rings. The van der Waals surface area contributed by atoms with Crippen LogP contribution in [0.4, 0.5) is 10.1 Å². The maximum absolute atomic E-state index is 13.1. The van der Waals surface area contributed by atoms with Crippen molar-refractivity contribution in [1.82, 2.24) is 4.90 Å². The fourth-order valence-corrected chi connectivity index (χ4v) is 4.41. The van der Waals surface area contributed by atoms with E-state index in [9.17, 15) is 18.8 Å². The summed E-state index contributed by atoms with van der Waals surface area (Å²) in [7, 11) is 0. The van der Waals surface area contributed by atoms with E-state index in [0.717, 1.165) is 0 Å². The SMILES string of the molecule is C[C@@]12CCC(=O)N1[C@@H](C(=O)OCC(=O)Nc1cccc(F)c1)CS2. The Morgan fingerprint density at radius 3 is 3.04 bits per heavy atom. The van der Waals surface area contributed by atoms with Gasteiger partial charge in [0.15, 0.2) is 6.61 Å². The Morgan fingerprint density at radius 1 is 1.50 bits per heavy atom. The zero-order valence-corrected chi connectivity index (χ0v) is 13.9. The molecule has 0 saturated carbocycles. The number of carbonyl (C=O) groups is 3. The smallest absolute Gasteiger partial charge is 0.330 e. The van der Waals surface area contributed by atoms with Crippen LogP contribution in [-0.4, -0.2) is 46.0 Å². The normalized spacial score (nSPS) is 25.5. The highest BCUT2D eigenvalue weighted by Gasteiger charge is 2.53. The Morgan fingerprint density at radius 2 is 2.29 bits per heavy atom. The zero-order chi connectivity index (χ0) is 17.3. The van der Waals surface area contributed by atoms with Crippen LogP contribution in [0.15, 0.2) is 24.3 Å². The number of esters is 1. The summed E-state index contributed by atoms with van der Waals surface area (Å²) in [5.74, 6) is -1.22. The predicted octanol–water partition coefficient (Wildman–Crippen LogP) is 1.76. The van der Waals surface area contributed by atoms with Crippen LogP contribution in [0.5, 0.6) is 0 Å². The van der Waals surface area contributed by atoms with Crippen LogP contribution in [0.1, 0.15) is 19.8 Å². The maximum Gasteiger partial charge on any atom is 0.330 e. The number of hydrogen-bond acceptors (Lipinski definition) is 5. The summed E-state index contributed by atoms with van der Waals surface area (Å²) < 4.78 is 18.1. The first-order valence-corrected chi connectivity index (χ1v) is 8.56. The van der Waals surface area contributed by atoms with Crippen LogP contribution in [0.3, 0.4) is 0 Å². The Balaban J connectivity index is 1.54. The lowest BCUT2D eigenvalue weighted by molar-refractivity contribution is -0.155. The number of hydrogen-bond donors (Lipinski definition) is 1. The Bertz CT molecular complexity index is 698. The number of halogens is 1. The average molecular weight is 352 g/mol. The van der Waals surface area contributed by atoms with Crippen molar-refractivity contribution in [2.75, 3.05) is 17.7 Å². The van der Waals surface area contributed by atoms with E-state index >= 15 is 0 Å². The second kappa shape index (κ2) is 6.43. The van der Waals surface area contributed by atoms with E-state index in [1.54, 1.807) is 16.7 Å². The largest absolute Gasteiger partial charge is 0.454 e. The number of fused-ring (bicyclic) bond motifs is 1. The number of nitrogens with zero attached hydrogens (tertiary/aromatic N) is 1. The molecule has 1 aromatic rings. The number of nitrogens with one attached hydrogen (secondary N) is 1. The van der Waals surface area contributed by atoms with Gasteiger partial charge in [-0.2, -0.15) is 0 Å². The molecular weight excluding hydrogens is 335 g/mol. The predicted molar refractivity (Wildman–Crippen MR) is 86.7 cm³/mol. The fourth-order valence-electron chi connectivity index (χ4n) is 2.99. The summed E-state index contributed by atoms with van der Waals surface area (Å²) in [5.41, 5.74) is 0.287. The molecule has 24 heavy (non-hydrogen) atoms. The second-order valence-corrected chi connectivity index (χ2v) is 7.43. The second-order valence-electron chi connectivity index (χ2n) is 5.93. The van der Waals surface area contributed by atoms with Gasteiger partial charge in [0.05, 0.1) is 4.87 Å². The van der Waals surface area contributed by atoms with Crippen molar-refractivity contribution in [3.8, 4) is 0 Å². The number of rotatable bonds is 4. The first-order chi connectivity index (χ1) is 11.4. The molecule has 2 saturated heterocycles. The van der Waals surface area contributed by atoms with Gasteiger partial charge in [-0.15, -0.1) is 11.8 Å². The summed E-state index contributed by atoms with van der Waals surface area (Å²) in [5, 5.41) is 2.45. The quantitative estimate of drug-likeness (QED) is 0.836. The number of benzene rings is 1. The van der Waals surface area contributed by atoms with Gasteiger partial charge in [-0.1, -0.05) is 6.07 Å².